The normalized spacial score (nSPS) is 20.6. The number of hydrogen-bond acceptors (Lipinski definition) is 3. The van der Waals surface area contributed by atoms with E-state index in [1.807, 2.05) is 0 Å². The smallest absolute Gasteiger partial charge is 0.279 e. The van der Waals surface area contributed by atoms with Gasteiger partial charge in [0.2, 0.25) is 0 Å². The number of anilines is 1. The SMILES string of the molecule is Nc1cc(C2=CC(F)(c3cc(Cl)cc(Cl)c3)ON2)ccc1F. The Hall–Kier alpha value is -1.82. The molecule has 1 atom stereocenters. The molecule has 0 saturated carbocycles. The number of alkyl halides is 1. The molecule has 0 aromatic heterocycles. The second-order valence-corrected chi connectivity index (χ2v) is 5.67. The fourth-order valence-electron chi connectivity index (χ4n) is 2.12. The summed E-state index contributed by atoms with van der Waals surface area (Å²) >= 11 is 11.8. The number of hydroxylamine groups is 1. The summed E-state index contributed by atoms with van der Waals surface area (Å²) in [5, 5.41) is 0.576. The third kappa shape index (κ3) is 2.75. The minimum atomic E-state index is -2.24. The first-order chi connectivity index (χ1) is 10.4. The van der Waals surface area contributed by atoms with E-state index in [0.29, 0.717) is 11.3 Å². The Bertz CT molecular complexity index is 762. The molecule has 1 unspecified atom stereocenters. The van der Waals surface area contributed by atoms with Gasteiger partial charge in [0.15, 0.2) is 0 Å². The topological polar surface area (TPSA) is 47.3 Å². The molecule has 3 nitrogen and oxygen atoms in total. The van der Waals surface area contributed by atoms with Gasteiger partial charge in [0, 0.05) is 27.2 Å². The third-order valence-electron chi connectivity index (χ3n) is 3.20. The van der Waals surface area contributed by atoms with E-state index in [2.05, 4.69) is 5.48 Å². The molecule has 0 amide bonds. The monoisotopic (exact) mass is 342 g/mol. The summed E-state index contributed by atoms with van der Waals surface area (Å²) in [4.78, 5) is 5.01. The molecule has 3 rings (SSSR count). The van der Waals surface area contributed by atoms with Crippen LogP contribution in [0.1, 0.15) is 11.1 Å². The average molecular weight is 343 g/mol. The standard InChI is InChI=1S/C15H10Cl2F2N2O/c16-10-4-9(5-11(17)6-10)15(19)7-14(21-22-15)8-1-2-12(18)13(20)3-8/h1-7,21H,20H2. The zero-order valence-corrected chi connectivity index (χ0v) is 12.6. The lowest BCUT2D eigenvalue weighted by atomic mass is 10.0. The van der Waals surface area contributed by atoms with Gasteiger partial charge in [0.25, 0.3) is 5.85 Å². The number of nitrogen functional groups attached to an aromatic ring is 1. The van der Waals surface area contributed by atoms with E-state index in [4.69, 9.17) is 33.8 Å². The maximum atomic E-state index is 14.9. The van der Waals surface area contributed by atoms with Crippen LogP contribution in [-0.2, 0) is 10.7 Å². The molecule has 0 saturated heterocycles. The summed E-state index contributed by atoms with van der Waals surface area (Å²) < 4.78 is 28.1. The molecule has 2 aromatic rings. The van der Waals surface area contributed by atoms with Crippen LogP contribution in [0, 0.1) is 5.82 Å². The molecular formula is C15H10Cl2F2N2O. The van der Waals surface area contributed by atoms with Crippen LogP contribution in [0.3, 0.4) is 0 Å². The number of nitrogens with one attached hydrogen (secondary N) is 1. The molecule has 0 radical (unpaired) electrons. The summed E-state index contributed by atoms with van der Waals surface area (Å²) in [7, 11) is 0. The molecule has 3 N–H and O–H groups in total. The van der Waals surface area contributed by atoms with Crippen molar-refractivity contribution < 1.29 is 13.6 Å². The van der Waals surface area contributed by atoms with Crippen LogP contribution in [-0.4, -0.2) is 0 Å². The highest BCUT2D eigenvalue weighted by Crippen LogP contribution is 2.38. The van der Waals surface area contributed by atoms with Crippen molar-refractivity contribution >= 4 is 34.6 Å². The zero-order valence-electron chi connectivity index (χ0n) is 11.0. The Morgan fingerprint density at radius 2 is 1.77 bits per heavy atom. The Balaban J connectivity index is 2.00. The van der Waals surface area contributed by atoms with Crippen LogP contribution in [0.4, 0.5) is 14.5 Å². The van der Waals surface area contributed by atoms with Gasteiger partial charge in [-0.15, -0.1) is 0 Å². The largest absolute Gasteiger partial charge is 0.396 e. The van der Waals surface area contributed by atoms with Crippen LogP contribution >= 0.6 is 23.2 Å². The van der Waals surface area contributed by atoms with Crippen LogP contribution in [0.5, 0.6) is 0 Å². The van der Waals surface area contributed by atoms with Crippen molar-refractivity contribution in [3.63, 3.8) is 0 Å². The summed E-state index contributed by atoms with van der Waals surface area (Å²) in [5.74, 6) is -2.79. The summed E-state index contributed by atoms with van der Waals surface area (Å²) in [6.07, 6.45) is 1.21. The van der Waals surface area contributed by atoms with Gasteiger partial charge in [-0.3, -0.25) is 5.48 Å². The number of halogens is 4. The van der Waals surface area contributed by atoms with E-state index in [1.54, 1.807) is 0 Å². The quantitative estimate of drug-likeness (QED) is 0.794. The van der Waals surface area contributed by atoms with Crippen molar-refractivity contribution in [1.82, 2.24) is 5.48 Å². The van der Waals surface area contributed by atoms with E-state index < -0.39 is 11.7 Å². The maximum absolute atomic E-state index is 14.9. The first-order valence-electron chi connectivity index (χ1n) is 6.25. The van der Waals surface area contributed by atoms with Gasteiger partial charge in [-0.05, 0) is 36.4 Å². The molecule has 0 bridgehead atoms. The average Bonchev–Trinajstić information content (AvgIpc) is 2.85. The van der Waals surface area contributed by atoms with Gasteiger partial charge in [0.05, 0.1) is 11.4 Å². The molecule has 2 aromatic carbocycles. The molecule has 114 valence electrons. The Morgan fingerprint density at radius 3 is 2.41 bits per heavy atom. The van der Waals surface area contributed by atoms with E-state index in [-0.39, 0.29) is 21.3 Å². The van der Waals surface area contributed by atoms with E-state index in [0.717, 1.165) is 0 Å². The number of benzene rings is 2. The highest BCUT2D eigenvalue weighted by atomic mass is 35.5. The van der Waals surface area contributed by atoms with Crippen LogP contribution in [0.25, 0.3) is 5.70 Å². The lowest BCUT2D eigenvalue weighted by molar-refractivity contribution is -0.130. The van der Waals surface area contributed by atoms with Crippen molar-refractivity contribution in [2.24, 2.45) is 0 Å². The van der Waals surface area contributed by atoms with Gasteiger partial charge in [-0.2, -0.15) is 4.39 Å². The molecule has 22 heavy (non-hydrogen) atoms. The first-order valence-corrected chi connectivity index (χ1v) is 7.01. The third-order valence-corrected chi connectivity index (χ3v) is 3.64. The predicted octanol–water partition coefficient (Wildman–Crippen LogP) is 4.41. The van der Waals surface area contributed by atoms with Gasteiger partial charge in [-0.25, -0.2) is 9.23 Å². The number of rotatable bonds is 2. The highest BCUT2D eigenvalue weighted by molar-refractivity contribution is 6.34. The zero-order chi connectivity index (χ0) is 15.9. The van der Waals surface area contributed by atoms with Crippen molar-refractivity contribution in [3.8, 4) is 0 Å². The molecule has 1 aliphatic rings. The molecule has 1 aliphatic heterocycles. The van der Waals surface area contributed by atoms with E-state index in [9.17, 15) is 8.78 Å². The lowest BCUT2D eigenvalue weighted by Gasteiger charge is -2.16. The number of nitrogens with two attached hydrogens (primary N) is 1. The minimum absolute atomic E-state index is 0.0395. The second-order valence-electron chi connectivity index (χ2n) is 4.80. The molecule has 1 heterocycles. The van der Waals surface area contributed by atoms with Gasteiger partial charge in [-0.1, -0.05) is 23.2 Å². The van der Waals surface area contributed by atoms with E-state index in [1.165, 1.54) is 42.5 Å². The highest BCUT2D eigenvalue weighted by Gasteiger charge is 2.38. The maximum Gasteiger partial charge on any atom is 0.279 e. The Morgan fingerprint density at radius 1 is 1.09 bits per heavy atom. The molecule has 0 aliphatic carbocycles. The molecule has 7 heteroatoms. The summed E-state index contributed by atoms with van der Waals surface area (Å²) in [6, 6.07) is 8.35. The van der Waals surface area contributed by atoms with Crippen molar-refractivity contribution in [2.45, 2.75) is 5.85 Å². The van der Waals surface area contributed by atoms with Crippen LogP contribution < -0.4 is 11.2 Å². The molecular weight excluding hydrogens is 333 g/mol. The predicted molar refractivity (Wildman–Crippen MR) is 82.3 cm³/mol. The Kier molecular flexibility index (Phi) is 3.72. The molecule has 0 fully saturated rings. The minimum Gasteiger partial charge on any atom is -0.396 e. The Labute approximate surface area is 135 Å². The number of hydrogen-bond donors (Lipinski definition) is 2. The first kappa shape index (κ1) is 15.1. The summed E-state index contributed by atoms with van der Waals surface area (Å²) in [5.41, 5.74) is 8.90. The second kappa shape index (κ2) is 5.43. The molecule has 0 spiro atoms. The van der Waals surface area contributed by atoms with Gasteiger partial charge >= 0.3 is 0 Å². The van der Waals surface area contributed by atoms with Crippen LogP contribution in [0.2, 0.25) is 10.0 Å². The fourth-order valence-corrected chi connectivity index (χ4v) is 2.65. The van der Waals surface area contributed by atoms with Crippen molar-refractivity contribution in [1.29, 1.82) is 0 Å². The van der Waals surface area contributed by atoms with Crippen LogP contribution in [0.15, 0.2) is 42.5 Å². The van der Waals surface area contributed by atoms with Crippen molar-refractivity contribution in [2.75, 3.05) is 5.73 Å². The summed E-state index contributed by atoms with van der Waals surface area (Å²) in [6.45, 7) is 0. The van der Waals surface area contributed by atoms with Crippen molar-refractivity contribution in [3.05, 3.63) is 69.5 Å². The van der Waals surface area contributed by atoms with E-state index >= 15 is 0 Å². The van der Waals surface area contributed by atoms with Gasteiger partial charge < -0.3 is 5.73 Å². The fraction of sp³-hybridized carbons (Fsp3) is 0.0667. The van der Waals surface area contributed by atoms with Gasteiger partial charge in [0.1, 0.15) is 5.82 Å². The lowest BCUT2D eigenvalue weighted by Crippen LogP contribution is -2.21.